The Balaban J connectivity index is 2.01. The van der Waals surface area contributed by atoms with Gasteiger partial charge in [0.2, 0.25) is 0 Å². The van der Waals surface area contributed by atoms with Gasteiger partial charge in [0.05, 0.1) is 17.0 Å². The highest BCUT2D eigenvalue weighted by atomic mass is 19.1. The monoisotopic (exact) mass is 402 g/mol. The Hall–Kier alpha value is -2.57. The van der Waals surface area contributed by atoms with Gasteiger partial charge in [-0.2, -0.15) is 10.2 Å². The largest absolute Gasteiger partial charge is 0.338 e. The molecule has 0 radical (unpaired) electrons. The van der Waals surface area contributed by atoms with Gasteiger partial charge in [0.25, 0.3) is 0 Å². The van der Waals surface area contributed by atoms with Crippen molar-refractivity contribution < 1.29 is 13.6 Å². The van der Waals surface area contributed by atoms with Crippen molar-refractivity contribution in [3.63, 3.8) is 0 Å². The van der Waals surface area contributed by atoms with E-state index in [1.165, 1.54) is 18.2 Å². The molecule has 2 amide bonds. The Morgan fingerprint density at radius 3 is 2.59 bits per heavy atom. The first-order valence-corrected chi connectivity index (χ1v) is 10.2. The van der Waals surface area contributed by atoms with Gasteiger partial charge >= 0.3 is 6.03 Å². The van der Waals surface area contributed by atoms with Gasteiger partial charge in [0.1, 0.15) is 11.6 Å². The number of hydrogen-bond donors (Lipinski definition) is 1. The van der Waals surface area contributed by atoms with E-state index in [-0.39, 0.29) is 28.6 Å². The summed E-state index contributed by atoms with van der Waals surface area (Å²) in [5, 5.41) is 11.5. The molecule has 0 unspecified atom stereocenters. The van der Waals surface area contributed by atoms with Crippen LogP contribution in [-0.4, -0.2) is 40.8 Å². The molecule has 1 aromatic heterocycles. The van der Waals surface area contributed by atoms with Crippen LogP contribution in [-0.2, 0) is 5.41 Å². The lowest BCUT2D eigenvalue weighted by Gasteiger charge is -2.40. The van der Waals surface area contributed by atoms with Crippen molar-refractivity contribution in [2.75, 3.05) is 19.6 Å². The minimum atomic E-state index is -0.654. The molecular formula is C22H28F2N4O. The van der Waals surface area contributed by atoms with Crippen molar-refractivity contribution in [2.24, 2.45) is 0 Å². The summed E-state index contributed by atoms with van der Waals surface area (Å²) in [6.07, 6.45) is 1.76. The first-order valence-electron chi connectivity index (χ1n) is 10.2. The normalized spacial score (nSPS) is 20.8. The van der Waals surface area contributed by atoms with E-state index in [1.54, 1.807) is 11.0 Å². The number of fused-ring (bicyclic) bond motifs is 1. The summed E-state index contributed by atoms with van der Waals surface area (Å²) in [6.45, 7) is 9.66. The number of rotatable bonds is 5. The van der Waals surface area contributed by atoms with Gasteiger partial charge in [-0.15, -0.1) is 0 Å². The van der Waals surface area contributed by atoms with E-state index >= 15 is 0 Å². The molecule has 1 aliphatic rings. The number of nitrogens with one attached hydrogen (secondary N) is 1. The summed E-state index contributed by atoms with van der Waals surface area (Å²) in [6, 6.07) is 5.43. The van der Waals surface area contributed by atoms with Crippen molar-refractivity contribution in [1.82, 2.24) is 20.4 Å². The summed E-state index contributed by atoms with van der Waals surface area (Å²) in [5.41, 5.74) is 1.42. The summed E-state index contributed by atoms with van der Waals surface area (Å²) in [7, 11) is 0. The van der Waals surface area contributed by atoms with Gasteiger partial charge in [0.15, 0.2) is 0 Å². The molecule has 1 aliphatic carbocycles. The molecule has 2 atom stereocenters. The number of likely N-dealkylation sites (N-methyl/N-ethyl adjacent to an activating group) is 1. The van der Waals surface area contributed by atoms with E-state index in [0.29, 0.717) is 19.6 Å². The van der Waals surface area contributed by atoms with E-state index < -0.39 is 11.6 Å². The Kier molecular flexibility index (Phi) is 6.15. The number of hydrogen-bond acceptors (Lipinski definition) is 3. The smallest absolute Gasteiger partial charge is 0.317 e. The highest BCUT2D eigenvalue weighted by Gasteiger charge is 2.39. The highest BCUT2D eigenvalue weighted by molar-refractivity contribution is 5.74. The molecule has 1 N–H and O–H groups in total. The average molecular weight is 402 g/mol. The van der Waals surface area contributed by atoms with Crippen LogP contribution < -0.4 is 5.32 Å². The van der Waals surface area contributed by atoms with Gasteiger partial charge in [-0.1, -0.05) is 19.9 Å². The zero-order chi connectivity index (χ0) is 21.2. The van der Waals surface area contributed by atoms with Crippen LogP contribution in [0.4, 0.5) is 13.6 Å². The number of nitrogens with zero attached hydrogens (tertiary/aromatic N) is 3. The number of carbonyl (C=O) groups is 1. The summed E-state index contributed by atoms with van der Waals surface area (Å²) < 4.78 is 28.5. The summed E-state index contributed by atoms with van der Waals surface area (Å²) in [4.78, 5) is 14.1. The van der Waals surface area contributed by atoms with E-state index in [9.17, 15) is 13.6 Å². The van der Waals surface area contributed by atoms with Gasteiger partial charge in [0, 0.05) is 25.0 Å². The van der Waals surface area contributed by atoms with Crippen LogP contribution in [0.15, 0.2) is 24.3 Å². The third-order valence-corrected chi connectivity index (χ3v) is 5.81. The third kappa shape index (κ3) is 4.09. The fourth-order valence-corrected chi connectivity index (χ4v) is 4.09. The average Bonchev–Trinajstić information content (AvgIpc) is 2.69. The summed E-state index contributed by atoms with van der Waals surface area (Å²) in [5.74, 6) is -1.11. The molecule has 0 bridgehead atoms. The SMILES string of the molecule is CCNC(=O)N(CC)C[C@@]1(C)CC[C@H](C)c2cc(-c3c(F)cccc3F)nnc21. The van der Waals surface area contributed by atoms with Crippen LogP contribution in [0.2, 0.25) is 0 Å². The van der Waals surface area contributed by atoms with Gasteiger partial charge in [-0.25, -0.2) is 13.6 Å². The molecule has 0 spiro atoms. The zero-order valence-electron chi connectivity index (χ0n) is 17.4. The fraction of sp³-hybridized carbons (Fsp3) is 0.500. The second-order valence-electron chi connectivity index (χ2n) is 7.98. The molecule has 0 aliphatic heterocycles. The van der Waals surface area contributed by atoms with Crippen LogP contribution in [0.25, 0.3) is 11.3 Å². The highest BCUT2D eigenvalue weighted by Crippen LogP contribution is 2.43. The van der Waals surface area contributed by atoms with E-state index in [1.807, 2.05) is 13.8 Å². The van der Waals surface area contributed by atoms with Crippen molar-refractivity contribution in [2.45, 2.75) is 51.9 Å². The van der Waals surface area contributed by atoms with Crippen molar-refractivity contribution >= 4 is 6.03 Å². The molecule has 0 saturated carbocycles. The van der Waals surface area contributed by atoms with Crippen LogP contribution >= 0.6 is 0 Å². The predicted molar refractivity (Wildman–Crippen MR) is 109 cm³/mol. The van der Waals surface area contributed by atoms with Crippen LogP contribution in [0.3, 0.4) is 0 Å². The molecule has 7 heteroatoms. The molecule has 5 nitrogen and oxygen atoms in total. The molecule has 3 rings (SSSR count). The number of aromatic nitrogens is 2. The maximum Gasteiger partial charge on any atom is 0.317 e. The Morgan fingerprint density at radius 1 is 1.28 bits per heavy atom. The van der Waals surface area contributed by atoms with Gasteiger partial charge < -0.3 is 10.2 Å². The van der Waals surface area contributed by atoms with Crippen LogP contribution in [0.1, 0.15) is 57.7 Å². The van der Waals surface area contributed by atoms with Gasteiger partial charge in [-0.05, 0) is 56.4 Å². The maximum atomic E-state index is 14.2. The van der Waals surface area contributed by atoms with E-state index in [2.05, 4.69) is 29.4 Å². The molecule has 1 heterocycles. The molecule has 1 aromatic carbocycles. The van der Waals surface area contributed by atoms with E-state index in [0.717, 1.165) is 24.1 Å². The van der Waals surface area contributed by atoms with E-state index in [4.69, 9.17) is 0 Å². The zero-order valence-corrected chi connectivity index (χ0v) is 17.4. The maximum absolute atomic E-state index is 14.2. The number of halogens is 2. The fourth-order valence-electron chi connectivity index (χ4n) is 4.09. The number of carbonyl (C=O) groups excluding carboxylic acids is 1. The third-order valence-electron chi connectivity index (χ3n) is 5.81. The quantitative estimate of drug-likeness (QED) is 0.793. The standard InChI is InChI=1S/C22H28F2N4O/c1-5-25-21(29)28(6-2)13-22(4)11-10-14(3)15-12-18(26-27-20(15)22)19-16(23)8-7-9-17(19)24/h7-9,12,14H,5-6,10-11,13H2,1-4H3,(H,25,29)/t14-,22+/m0/s1. The molecule has 0 fully saturated rings. The lowest BCUT2D eigenvalue weighted by molar-refractivity contribution is 0.178. The van der Waals surface area contributed by atoms with Crippen LogP contribution in [0, 0.1) is 11.6 Å². The molecule has 2 aromatic rings. The second-order valence-corrected chi connectivity index (χ2v) is 7.98. The lowest BCUT2D eigenvalue weighted by Crippen LogP contribution is -2.48. The van der Waals surface area contributed by atoms with Gasteiger partial charge in [-0.3, -0.25) is 0 Å². The number of amides is 2. The number of urea groups is 1. The topological polar surface area (TPSA) is 58.1 Å². The second kappa shape index (κ2) is 8.43. The van der Waals surface area contributed by atoms with Crippen molar-refractivity contribution in [1.29, 1.82) is 0 Å². The van der Waals surface area contributed by atoms with Crippen molar-refractivity contribution in [3.8, 4) is 11.3 Å². The summed E-state index contributed by atoms with van der Waals surface area (Å²) >= 11 is 0. The Labute approximate surface area is 170 Å². The minimum Gasteiger partial charge on any atom is -0.338 e. The molecule has 156 valence electrons. The lowest BCUT2D eigenvalue weighted by atomic mass is 9.70. The first-order chi connectivity index (χ1) is 13.8. The Morgan fingerprint density at radius 2 is 1.97 bits per heavy atom. The van der Waals surface area contributed by atoms with Crippen LogP contribution in [0.5, 0.6) is 0 Å². The first kappa shape index (κ1) is 21.1. The predicted octanol–water partition coefficient (Wildman–Crippen LogP) is 4.63. The minimum absolute atomic E-state index is 0.102. The molecule has 0 saturated heterocycles. The van der Waals surface area contributed by atoms with Crippen molar-refractivity contribution in [3.05, 3.63) is 47.2 Å². The Bertz CT molecular complexity index is 884. The molecular weight excluding hydrogens is 374 g/mol. The number of benzene rings is 1. The molecule has 29 heavy (non-hydrogen) atoms.